The molecule has 0 aromatic carbocycles. The molecule has 0 aliphatic carbocycles. The second kappa shape index (κ2) is 6.39. The molecule has 0 radical (unpaired) electrons. The second-order valence-electron chi connectivity index (χ2n) is 6.05. The lowest BCUT2D eigenvalue weighted by molar-refractivity contribution is -0.139. The summed E-state index contributed by atoms with van der Waals surface area (Å²) in [6.07, 6.45) is 1.98. The smallest absolute Gasteiger partial charge is 0.226 e. The highest BCUT2D eigenvalue weighted by Gasteiger charge is 2.29. The van der Waals surface area contributed by atoms with E-state index in [4.69, 9.17) is 0 Å². The Balaban J connectivity index is 2.63. The molecule has 1 aliphatic heterocycles. The summed E-state index contributed by atoms with van der Waals surface area (Å²) in [5.74, 6) is 1.13. The number of rotatable bonds is 4. The average molecular weight is 240 g/mol. The lowest BCUT2D eigenvalue weighted by atomic mass is 9.91. The van der Waals surface area contributed by atoms with Crippen molar-refractivity contribution in [2.45, 2.75) is 59.5 Å². The number of hydrogen-bond acceptors (Lipinski definition) is 2. The van der Waals surface area contributed by atoms with Crippen LogP contribution in [0, 0.1) is 11.8 Å². The van der Waals surface area contributed by atoms with E-state index in [1.165, 1.54) is 0 Å². The van der Waals surface area contributed by atoms with Crippen LogP contribution in [-0.4, -0.2) is 36.0 Å². The number of nitrogens with zero attached hydrogens (tertiary/aromatic N) is 1. The number of hydrogen-bond donors (Lipinski definition) is 1. The first-order valence-electron chi connectivity index (χ1n) is 6.95. The predicted octanol–water partition coefficient (Wildman–Crippen LogP) is 2.27. The molecular weight excluding hydrogens is 212 g/mol. The molecule has 0 aromatic rings. The molecule has 1 N–H and O–H groups in total. The van der Waals surface area contributed by atoms with Gasteiger partial charge in [-0.2, -0.15) is 0 Å². The molecule has 17 heavy (non-hydrogen) atoms. The molecule has 1 fully saturated rings. The lowest BCUT2D eigenvalue weighted by Gasteiger charge is -2.35. The van der Waals surface area contributed by atoms with Crippen LogP contribution in [0.1, 0.15) is 47.5 Å². The van der Waals surface area contributed by atoms with Crippen LogP contribution in [-0.2, 0) is 4.79 Å². The maximum atomic E-state index is 12.5. The summed E-state index contributed by atoms with van der Waals surface area (Å²) in [5, 5.41) is 3.41. The van der Waals surface area contributed by atoms with Crippen LogP contribution in [0.25, 0.3) is 0 Å². The standard InChI is InChI=1S/C14H28N2O/c1-10(2)9-16(11(3)4)14(17)13-6-7-15-12(5)8-13/h10-13,15H,6-9H2,1-5H3. The van der Waals surface area contributed by atoms with Gasteiger partial charge in [-0.15, -0.1) is 0 Å². The van der Waals surface area contributed by atoms with Crippen molar-refractivity contribution in [3.63, 3.8) is 0 Å². The Bertz CT molecular complexity index is 251. The number of amides is 1. The molecule has 100 valence electrons. The number of piperidine rings is 1. The van der Waals surface area contributed by atoms with Crippen LogP contribution in [0.2, 0.25) is 0 Å². The van der Waals surface area contributed by atoms with Crippen molar-refractivity contribution in [3.8, 4) is 0 Å². The first-order valence-corrected chi connectivity index (χ1v) is 6.95. The summed E-state index contributed by atoms with van der Waals surface area (Å²) >= 11 is 0. The van der Waals surface area contributed by atoms with Gasteiger partial charge in [0.05, 0.1) is 0 Å². The highest BCUT2D eigenvalue weighted by atomic mass is 16.2. The van der Waals surface area contributed by atoms with Gasteiger partial charge in [-0.25, -0.2) is 0 Å². The van der Waals surface area contributed by atoms with E-state index in [0.717, 1.165) is 25.9 Å². The fourth-order valence-corrected chi connectivity index (χ4v) is 2.54. The van der Waals surface area contributed by atoms with Gasteiger partial charge in [-0.05, 0) is 46.1 Å². The van der Waals surface area contributed by atoms with E-state index in [-0.39, 0.29) is 5.92 Å². The van der Waals surface area contributed by atoms with E-state index in [2.05, 4.69) is 44.8 Å². The van der Waals surface area contributed by atoms with Gasteiger partial charge in [0.15, 0.2) is 0 Å². The number of nitrogens with one attached hydrogen (secondary N) is 1. The zero-order valence-electron chi connectivity index (χ0n) is 12.0. The molecule has 1 saturated heterocycles. The van der Waals surface area contributed by atoms with Crippen molar-refractivity contribution in [2.75, 3.05) is 13.1 Å². The molecule has 3 heteroatoms. The van der Waals surface area contributed by atoms with E-state index < -0.39 is 0 Å². The minimum absolute atomic E-state index is 0.229. The van der Waals surface area contributed by atoms with Crippen LogP contribution in [0.4, 0.5) is 0 Å². The van der Waals surface area contributed by atoms with Gasteiger partial charge in [0.1, 0.15) is 0 Å². The Kier molecular flexibility index (Phi) is 5.44. The van der Waals surface area contributed by atoms with Gasteiger partial charge in [0.25, 0.3) is 0 Å². The van der Waals surface area contributed by atoms with E-state index in [1.807, 2.05) is 0 Å². The third kappa shape index (κ3) is 4.30. The van der Waals surface area contributed by atoms with Crippen LogP contribution in [0.5, 0.6) is 0 Å². The van der Waals surface area contributed by atoms with Crippen LogP contribution in [0.3, 0.4) is 0 Å². The third-order valence-electron chi connectivity index (χ3n) is 3.44. The zero-order valence-corrected chi connectivity index (χ0v) is 12.0. The van der Waals surface area contributed by atoms with Crippen molar-refractivity contribution in [3.05, 3.63) is 0 Å². The lowest BCUT2D eigenvalue weighted by Crippen LogP contribution is -2.47. The first-order chi connectivity index (χ1) is 7.91. The molecule has 1 amide bonds. The Morgan fingerprint density at radius 3 is 2.47 bits per heavy atom. The fraction of sp³-hybridized carbons (Fsp3) is 0.929. The molecule has 1 aliphatic rings. The molecule has 0 bridgehead atoms. The van der Waals surface area contributed by atoms with Crippen molar-refractivity contribution in [2.24, 2.45) is 11.8 Å². The summed E-state index contributed by atoms with van der Waals surface area (Å²) in [6.45, 7) is 12.6. The highest BCUT2D eigenvalue weighted by molar-refractivity contribution is 5.79. The normalized spacial score (nSPS) is 25.4. The van der Waals surface area contributed by atoms with E-state index in [9.17, 15) is 4.79 Å². The van der Waals surface area contributed by atoms with Crippen molar-refractivity contribution in [1.82, 2.24) is 10.2 Å². The van der Waals surface area contributed by atoms with Crippen molar-refractivity contribution < 1.29 is 4.79 Å². The van der Waals surface area contributed by atoms with Crippen LogP contribution in [0.15, 0.2) is 0 Å². The summed E-state index contributed by atoms with van der Waals surface area (Å²) in [4.78, 5) is 14.6. The molecule has 0 aromatic heterocycles. The maximum absolute atomic E-state index is 12.5. The third-order valence-corrected chi connectivity index (χ3v) is 3.44. The molecular formula is C14H28N2O. The first kappa shape index (κ1) is 14.5. The summed E-state index contributed by atoms with van der Waals surface area (Å²) in [5.41, 5.74) is 0. The van der Waals surface area contributed by atoms with Crippen molar-refractivity contribution in [1.29, 1.82) is 0 Å². The van der Waals surface area contributed by atoms with E-state index in [1.54, 1.807) is 0 Å². The Labute approximate surface area is 106 Å². The quantitative estimate of drug-likeness (QED) is 0.817. The van der Waals surface area contributed by atoms with E-state index >= 15 is 0 Å². The Hall–Kier alpha value is -0.570. The molecule has 1 heterocycles. The van der Waals surface area contributed by atoms with Crippen LogP contribution >= 0.6 is 0 Å². The molecule has 0 saturated carbocycles. The fourth-order valence-electron chi connectivity index (χ4n) is 2.54. The summed E-state index contributed by atoms with van der Waals surface area (Å²) in [6, 6.07) is 0.792. The summed E-state index contributed by atoms with van der Waals surface area (Å²) < 4.78 is 0. The highest BCUT2D eigenvalue weighted by Crippen LogP contribution is 2.20. The SMILES string of the molecule is CC(C)CN(C(=O)C1CCNC(C)C1)C(C)C. The zero-order chi connectivity index (χ0) is 13.0. The Morgan fingerprint density at radius 1 is 1.35 bits per heavy atom. The maximum Gasteiger partial charge on any atom is 0.226 e. The number of carbonyl (C=O) groups is 1. The molecule has 0 spiro atoms. The molecule has 2 atom stereocenters. The number of carbonyl (C=O) groups excluding carboxylic acids is 1. The predicted molar refractivity (Wildman–Crippen MR) is 71.9 cm³/mol. The minimum Gasteiger partial charge on any atom is -0.340 e. The van der Waals surface area contributed by atoms with Crippen molar-refractivity contribution >= 4 is 5.91 Å². The van der Waals surface area contributed by atoms with Gasteiger partial charge >= 0.3 is 0 Å². The van der Waals surface area contributed by atoms with Crippen LogP contribution < -0.4 is 5.32 Å². The monoisotopic (exact) mass is 240 g/mol. The molecule has 3 nitrogen and oxygen atoms in total. The van der Waals surface area contributed by atoms with Gasteiger partial charge in [-0.1, -0.05) is 13.8 Å². The topological polar surface area (TPSA) is 32.3 Å². The second-order valence-corrected chi connectivity index (χ2v) is 6.05. The van der Waals surface area contributed by atoms with Gasteiger partial charge in [-0.3, -0.25) is 4.79 Å². The molecule has 1 rings (SSSR count). The van der Waals surface area contributed by atoms with Gasteiger partial charge in [0, 0.05) is 24.5 Å². The summed E-state index contributed by atoms with van der Waals surface area (Å²) in [7, 11) is 0. The average Bonchev–Trinajstić information content (AvgIpc) is 2.24. The van der Waals surface area contributed by atoms with Gasteiger partial charge in [0.2, 0.25) is 5.91 Å². The van der Waals surface area contributed by atoms with Gasteiger partial charge < -0.3 is 10.2 Å². The largest absolute Gasteiger partial charge is 0.340 e. The minimum atomic E-state index is 0.229. The molecule has 2 unspecified atom stereocenters. The van der Waals surface area contributed by atoms with E-state index in [0.29, 0.717) is 23.9 Å². The Morgan fingerprint density at radius 2 is 2.00 bits per heavy atom.